The lowest BCUT2D eigenvalue weighted by Crippen LogP contribution is -2.50. The molecule has 3 heterocycles. The molecule has 1 aromatic heterocycles. The Bertz CT molecular complexity index is 804. The maximum Gasteiger partial charge on any atom is 0.419 e. The number of ether oxygens (including phenoxy) is 1. The average Bonchev–Trinajstić information content (AvgIpc) is 3.28. The topological polar surface area (TPSA) is 53.8 Å². The third kappa shape index (κ3) is 2.72. The van der Waals surface area contributed by atoms with E-state index in [9.17, 15) is 18.3 Å². The minimum atomic E-state index is -4.73. The molecule has 2 aliphatic rings. The van der Waals surface area contributed by atoms with Crippen LogP contribution in [0, 0.1) is 0 Å². The fraction of sp³-hybridized carbons (Fsp3) is 0.500. The fourth-order valence-corrected chi connectivity index (χ4v) is 3.68. The maximum absolute atomic E-state index is 13.0. The molecule has 0 saturated carbocycles. The van der Waals surface area contributed by atoms with E-state index in [0.717, 1.165) is 23.9 Å². The van der Waals surface area contributed by atoms with Crippen LogP contribution >= 0.6 is 0 Å². The first-order valence-corrected chi connectivity index (χ1v) is 8.51. The molecule has 0 aliphatic carbocycles. The molecule has 1 saturated heterocycles. The van der Waals surface area contributed by atoms with Crippen molar-refractivity contribution in [1.29, 1.82) is 0 Å². The van der Waals surface area contributed by atoms with Crippen molar-refractivity contribution in [1.82, 2.24) is 14.7 Å². The highest BCUT2D eigenvalue weighted by Gasteiger charge is 2.66. The van der Waals surface area contributed by atoms with Crippen molar-refractivity contribution in [2.24, 2.45) is 0 Å². The zero-order chi connectivity index (χ0) is 18.7. The summed E-state index contributed by atoms with van der Waals surface area (Å²) >= 11 is 0. The molecule has 140 valence electrons. The van der Waals surface area contributed by atoms with Gasteiger partial charge in [-0.2, -0.15) is 18.3 Å². The molecular formula is C18H20F3N3O2. The Morgan fingerprint density at radius 1 is 1.23 bits per heavy atom. The van der Waals surface area contributed by atoms with E-state index in [1.54, 1.807) is 6.20 Å². The molecule has 2 aromatic rings. The van der Waals surface area contributed by atoms with E-state index in [2.05, 4.69) is 5.10 Å². The molecule has 3 unspecified atom stereocenters. The van der Waals surface area contributed by atoms with E-state index >= 15 is 0 Å². The summed E-state index contributed by atoms with van der Waals surface area (Å²) in [6, 6.07) is 9.73. The number of benzene rings is 1. The van der Waals surface area contributed by atoms with Crippen molar-refractivity contribution >= 4 is 0 Å². The summed E-state index contributed by atoms with van der Waals surface area (Å²) in [5.74, 6) is 0.0714. The van der Waals surface area contributed by atoms with Gasteiger partial charge in [0, 0.05) is 24.6 Å². The second kappa shape index (κ2) is 5.80. The molecule has 1 aromatic carbocycles. The highest BCUT2D eigenvalue weighted by atomic mass is 19.4. The second-order valence-electron chi connectivity index (χ2n) is 7.23. The number of para-hydroxylation sites is 1. The van der Waals surface area contributed by atoms with E-state index in [1.807, 2.05) is 46.8 Å². The summed E-state index contributed by atoms with van der Waals surface area (Å²) in [6.45, 7) is 3.78. The number of aliphatic hydroxyl groups is 1. The standard InChI is InChI=1S/C18H20F3N3O2/c1-11-9-23(16-15(26-16)17(2,25)18(19,20)21)10-12-8-22-24(14(11)12)13-6-4-3-5-7-13/h3-8,11,15-16,25H,9-10H2,1-2H3/t11?,15?,16?,17-/m1/s1. The third-order valence-electron chi connectivity index (χ3n) is 5.19. The number of alkyl halides is 3. The number of epoxide rings is 1. The summed E-state index contributed by atoms with van der Waals surface area (Å²) in [5, 5.41) is 14.3. The molecule has 8 heteroatoms. The molecule has 0 radical (unpaired) electrons. The van der Waals surface area contributed by atoms with Gasteiger partial charge in [-0.15, -0.1) is 0 Å². The summed E-state index contributed by atoms with van der Waals surface area (Å²) < 4.78 is 46.1. The first-order valence-electron chi connectivity index (χ1n) is 8.51. The van der Waals surface area contributed by atoms with Crippen molar-refractivity contribution < 1.29 is 23.0 Å². The van der Waals surface area contributed by atoms with Gasteiger partial charge in [0.2, 0.25) is 0 Å². The number of hydrogen-bond donors (Lipinski definition) is 1. The van der Waals surface area contributed by atoms with E-state index in [0.29, 0.717) is 13.1 Å². The lowest BCUT2D eigenvalue weighted by atomic mass is 9.96. The average molecular weight is 367 g/mol. The van der Waals surface area contributed by atoms with Crippen LogP contribution in [-0.2, 0) is 11.3 Å². The Morgan fingerprint density at radius 3 is 2.58 bits per heavy atom. The Balaban J connectivity index is 1.55. The lowest BCUT2D eigenvalue weighted by molar-refractivity contribution is -0.259. The Hall–Kier alpha value is -1.90. The first kappa shape index (κ1) is 17.5. The molecule has 0 amide bonds. The number of fused-ring (bicyclic) bond motifs is 1. The molecule has 26 heavy (non-hydrogen) atoms. The third-order valence-corrected chi connectivity index (χ3v) is 5.19. The molecule has 1 N–H and O–H groups in total. The summed E-state index contributed by atoms with van der Waals surface area (Å²) in [5.41, 5.74) is 0.130. The maximum atomic E-state index is 13.0. The van der Waals surface area contributed by atoms with Gasteiger partial charge in [-0.1, -0.05) is 25.1 Å². The van der Waals surface area contributed by atoms with Crippen molar-refractivity contribution in [3.63, 3.8) is 0 Å². The normalized spacial score (nSPS) is 28.5. The van der Waals surface area contributed by atoms with Crippen LogP contribution < -0.4 is 0 Å². The van der Waals surface area contributed by atoms with Crippen molar-refractivity contribution in [3.05, 3.63) is 47.8 Å². The van der Waals surface area contributed by atoms with Crippen LogP contribution in [-0.4, -0.2) is 50.4 Å². The molecule has 0 spiro atoms. The highest BCUT2D eigenvalue weighted by molar-refractivity contribution is 5.37. The minimum absolute atomic E-state index is 0.0714. The second-order valence-corrected chi connectivity index (χ2v) is 7.23. The van der Waals surface area contributed by atoms with E-state index in [1.165, 1.54) is 0 Å². The zero-order valence-corrected chi connectivity index (χ0v) is 14.4. The van der Waals surface area contributed by atoms with Gasteiger partial charge in [0.15, 0.2) is 5.60 Å². The van der Waals surface area contributed by atoms with Crippen molar-refractivity contribution in [2.45, 2.75) is 50.4 Å². The van der Waals surface area contributed by atoms with Gasteiger partial charge in [-0.05, 0) is 19.1 Å². The van der Waals surface area contributed by atoms with Gasteiger partial charge in [-0.3, -0.25) is 4.90 Å². The van der Waals surface area contributed by atoms with Crippen LogP contribution in [0.5, 0.6) is 0 Å². The van der Waals surface area contributed by atoms with Crippen LogP contribution in [0.15, 0.2) is 36.5 Å². The predicted molar refractivity (Wildman–Crippen MR) is 87.7 cm³/mol. The van der Waals surface area contributed by atoms with Crippen LogP contribution in [0.4, 0.5) is 13.2 Å². The Kier molecular flexibility index (Phi) is 3.91. The largest absolute Gasteiger partial charge is 0.419 e. The van der Waals surface area contributed by atoms with Crippen LogP contribution in [0.1, 0.15) is 31.0 Å². The van der Waals surface area contributed by atoms with E-state index in [-0.39, 0.29) is 5.92 Å². The SMILES string of the molecule is CC1CN(C2OC2[C@@](C)(O)C(F)(F)F)Cc2cnn(-c3ccccc3)c21. The zero-order valence-electron chi connectivity index (χ0n) is 14.4. The summed E-state index contributed by atoms with van der Waals surface area (Å²) in [6.07, 6.45) is -4.97. The van der Waals surface area contributed by atoms with Gasteiger partial charge in [-0.25, -0.2) is 4.68 Å². The number of nitrogens with zero attached hydrogens (tertiary/aromatic N) is 3. The Labute approximate surface area is 149 Å². The van der Waals surface area contributed by atoms with E-state index in [4.69, 9.17) is 4.74 Å². The highest BCUT2D eigenvalue weighted by Crippen LogP contribution is 2.45. The molecule has 2 aliphatic heterocycles. The van der Waals surface area contributed by atoms with Crippen LogP contribution in [0.2, 0.25) is 0 Å². The number of halogens is 3. The number of hydrogen-bond acceptors (Lipinski definition) is 4. The Morgan fingerprint density at radius 2 is 1.92 bits per heavy atom. The molecule has 1 fully saturated rings. The van der Waals surface area contributed by atoms with Gasteiger partial charge in [0.05, 0.1) is 17.6 Å². The smallest absolute Gasteiger partial charge is 0.378 e. The van der Waals surface area contributed by atoms with Gasteiger partial charge in [0.25, 0.3) is 0 Å². The first-order chi connectivity index (χ1) is 12.2. The van der Waals surface area contributed by atoms with E-state index < -0.39 is 24.1 Å². The van der Waals surface area contributed by atoms with Gasteiger partial charge < -0.3 is 9.84 Å². The van der Waals surface area contributed by atoms with Gasteiger partial charge in [0.1, 0.15) is 12.3 Å². The molecular weight excluding hydrogens is 347 g/mol. The van der Waals surface area contributed by atoms with Crippen molar-refractivity contribution in [3.8, 4) is 5.69 Å². The predicted octanol–water partition coefficient (Wildman–Crippen LogP) is 2.83. The van der Waals surface area contributed by atoms with Crippen LogP contribution in [0.3, 0.4) is 0 Å². The quantitative estimate of drug-likeness (QED) is 0.848. The molecule has 0 bridgehead atoms. The minimum Gasteiger partial charge on any atom is -0.378 e. The lowest BCUT2D eigenvalue weighted by Gasteiger charge is -2.32. The molecule has 4 rings (SSSR count). The fourth-order valence-electron chi connectivity index (χ4n) is 3.68. The summed E-state index contributed by atoms with van der Waals surface area (Å²) in [7, 11) is 0. The van der Waals surface area contributed by atoms with Crippen molar-refractivity contribution in [2.75, 3.05) is 6.54 Å². The summed E-state index contributed by atoms with van der Waals surface area (Å²) in [4.78, 5) is 1.84. The van der Waals surface area contributed by atoms with Crippen LogP contribution in [0.25, 0.3) is 5.69 Å². The van der Waals surface area contributed by atoms with Gasteiger partial charge >= 0.3 is 6.18 Å². The monoisotopic (exact) mass is 367 g/mol. The number of rotatable bonds is 3. The number of aromatic nitrogens is 2. The molecule has 4 atom stereocenters. The molecule has 5 nitrogen and oxygen atoms in total.